The van der Waals surface area contributed by atoms with Gasteiger partial charge in [-0.05, 0) is 77.0 Å². The van der Waals surface area contributed by atoms with Crippen LogP contribution in [0.3, 0.4) is 0 Å². The van der Waals surface area contributed by atoms with E-state index in [0.29, 0.717) is 12.2 Å². The summed E-state index contributed by atoms with van der Waals surface area (Å²) in [5.74, 6) is 2.87. The summed E-state index contributed by atoms with van der Waals surface area (Å²) in [6.07, 6.45) is 10.4. The summed E-state index contributed by atoms with van der Waals surface area (Å²) < 4.78 is 11.4. The number of allylic oxidation sites excluding steroid dienone is 4. The maximum absolute atomic E-state index is 7.00. The number of aliphatic hydroxyl groups excluding tert-OH is 1. The van der Waals surface area contributed by atoms with E-state index in [9.17, 15) is 0 Å². The number of hydrogen-bond acceptors (Lipinski definition) is 7. The topological polar surface area (TPSA) is 93.9 Å². The molecule has 3 N–H and O–H groups in total. The van der Waals surface area contributed by atoms with Gasteiger partial charge < -0.3 is 20.1 Å². The molecule has 2 heterocycles. The minimum Gasteiger partial charge on any atom is -0.400 e. The number of unbranched alkanes of at least 4 members (excludes halogenated alkanes) is 1. The molecule has 0 saturated carbocycles. The predicted octanol–water partition coefficient (Wildman–Crippen LogP) is 9.94. The van der Waals surface area contributed by atoms with Gasteiger partial charge in [-0.15, -0.1) is 0 Å². The molecule has 1 aliphatic rings. The molecule has 0 amide bonds. The number of nitrogens with zero attached hydrogens (tertiary/aromatic N) is 2. The van der Waals surface area contributed by atoms with Gasteiger partial charge in [-0.3, -0.25) is 4.99 Å². The molecule has 7 heteroatoms. The minimum absolute atomic E-state index is 0.408. The second kappa shape index (κ2) is 21.4. The third-order valence-electron chi connectivity index (χ3n) is 7.83. The van der Waals surface area contributed by atoms with Crippen molar-refractivity contribution < 1.29 is 14.4 Å². The van der Waals surface area contributed by atoms with Crippen LogP contribution in [0.4, 0.5) is 0 Å². The molecule has 3 aromatic rings. The van der Waals surface area contributed by atoms with Gasteiger partial charge in [-0.25, -0.2) is 0 Å². The number of ether oxygens (including phenoxy) is 1. The van der Waals surface area contributed by atoms with E-state index in [-0.39, 0.29) is 0 Å². The van der Waals surface area contributed by atoms with Crippen LogP contribution in [0, 0.1) is 6.92 Å². The summed E-state index contributed by atoms with van der Waals surface area (Å²) in [6, 6.07) is 20.6. The van der Waals surface area contributed by atoms with Gasteiger partial charge >= 0.3 is 0 Å². The van der Waals surface area contributed by atoms with Crippen LogP contribution in [0.25, 0.3) is 16.9 Å². The number of benzene rings is 2. The molecule has 6 nitrogen and oxygen atoms in total. The molecule has 2 atom stereocenters. The van der Waals surface area contributed by atoms with Crippen LogP contribution in [-0.2, 0) is 10.5 Å². The second-order valence-corrected chi connectivity index (χ2v) is 12.3. The number of aliphatic imine (C=N–C) groups is 1. The zero-order chi connectivity index (χ0) is 33.9. The van der Waals surface area contributed by atoms with Gasteiger partial charge in [0.1, 0.15) is 0 Å². The third kappa shape index (κ3) is 11.8. The van der Waals surface area contributed by atoms with Crippen molar-refractivity contribution in [2.24, 2.45) is 10.7 Å². The van der Waals surface area contributed by atoms with Crippen molar-refractivity contribution in [1.29, 1.82) is 0 Å². The minimum atomic E-state index is 0.408. The highest BCUT2D eigenvalue weighted by Gasteiger charge is 2.22. The Labute approximate surface area is 281 Å². The highest BCUT2D eigenvalue weighted by atomic mass is 32.2. The quantitative estimate of drug-likeness (QED) is 0.150. The lowest BCUT2D eigenvalue weighted by Gasteiger charge is -2.18. The number of rotatable bonds is 12. The molecule has 1 aromatic heterocycles. The molecule has 4 rings (SSSR count). The molecule has 0 radical (unpaired) electrons. The molecule has 0 bridgehead atoms. The molecule has 46 heavy (non-hydrogen) atoms. The zero-order valence-electron chi connectivity index (χ0n) is 29.2. The summed E-state index contributed by atoms with van der Waals surface area (Å²) >= 11 is 1.91. The number of nitrogens with two attached hydrogens (primary N) is 1. The number of aryl methyl sites for hydroxylation is 1. The Hall–Kier alpha value is -3.39. The Morgan fingerprint density at radius 2 is 1.70 bits per heavy atom. The fraction of sp³-hybridized carbons (Fsp3) is 0.436. The largest absolute Gasteiger partial charge is 0.400 e. The molecule has 2 unspecified atom stereocenters. The van der Waals surface area contributed by atoms with Crippen LogP contribution >= 0.6 is 11.8 Å². The van der Waals surface area contributed by atoms with Gasteiger partial charge in [0.15, 0.2) is 5.76 Å². The van der Waals surface area contributed by atoms with Crippen molar-refractivity contribution in [1.82, 2.24) is 5.16 Å². The molecule has 2 aromatic carbocycles. The number of thioether (sulfide) groups is 1. The van der Waals surface area contributed by atoms with E-state index in [1.165, 1.54) is 35.1 Å². The summed E-state index contributed by atoms with van der Waals surface area (Å²) in [6.45, 7) is 14.6. The Balaban J connectivity index is 0.000000304. The number of aliphatic hydroxyl groups is 1. The fourth-order valence-corrected chi connectivity index (χ4v) is 6.31. The molecular formula is C39H55N3O3S. The third-order valence-corrected chi connectivity index (χ3v) is 8.93. The van der Waals surface area contributed by atoms with Crippen LogP contribution in [0.1, 0.15) is 90.5 Å². The van der Waals surface area contributed by atoms with E-state index in [0.717, 1.165) is 71.9 Å². The Kier molecular flexibility index (Phi) is 18.1. The van der Waals surface area contributed by atoms with E-state index < -0.39 is 0 Å². The first-order valence-corrected chi connectivity index (χ1v) is 17.6. The van der Waals surface area contributed by atoms with E-state index in [1.807, 2.05) is 63.0 Å². The monoisotopic (exact) mass is 645 g/mol. The standard InChI is InChI=1S/C21H30N2.C17H21NO2S.CH4O/c1-6-9-15-19(18-13-11-10-12-14-18)20(17(5)23-8-3)21(22)16(4)7-2;1-12-8-9-15(19-12)10-21-11-16-13(2)18-20-17(16)14-6-4-3-5-7-14;1-2/h8,10-15H,6-7,9,22H2,1-5H3;3-7,12,15H,8-11H2,1-2H3;2H,1H3/b19-15-,20-17-,21-16-,23-8?;;. The maximum Gasteiger partial charge on any atom is 0.171 e. The highest BCUT2D eigenvalue weighted by Crippen LogP contribution is 2.33. The molecule has 1 saturated heterocycles. The van der Waals surface area contributed by atoms with Crippen molar-refractivity contribution in [2.45, 2.75) is 98.5 Å². The molecule has 1 aliphatic heterocycles. The van der Waals surface area contributed by atoms with Crippen molar-refractivity contribution >= 4 is 23.5 Å². The van der Waals surface area contributed by atoms with Crippen LogP contribution in [0.5, 0.6) is 0 Å². The van der Waals surface area contributed by atoms with E-state index in [4.69, 9.17) is 20.1 Å². The van der Waals surface area contributed by atoms with Crippen LogP contribution < -0.4 is 5.73 Å². The average Bonchev–Trinajstić information content (AvgIpc) is 3.68. The van der Waals surface area contributed by atoms with Crippen LogP contribution in [-0.4, -0.2) is 41.5 Å². The first-order chi connectivity index (χ1) is 22.3. The second-order valence-electron chi connectivity index (χ2n) is 11.3. The normalized spacial score (nSPS) is 17.5. The lowest BCUT2D eigenvalue weighted by molar-refractivity contribution is 0.0700. The summed E-state index contributed by atoms with van der Waals surface area (Å²) in [5.41, 5.74) is 16.2. The van der Waals surface area contributed by atoms with Crippen molar-refractivity contribution in [2.75, 3.05) is 12.9 Å². The molecular weight excluding hydrogens is 591 g/mol. The van der Waals surface area contributed by atoms with E-state index in [1.54, 1.807) is 0 Å². The molecule has 250 valence electrons. The molecule has 0 aliphatic carbocycles. The van der Waals surface area contributed by atoms with Gasteiger partial charge in [0.05, 0.1) is 17.9 Å². The first-order valence-electron chi connectivity index (χ1n) is 16.4. The SMILES string of the molecule is CC=N/C(C)=C(C(=C\CCC)/c1ccccc1)\C(N)=C(/C)CC.CO.Cc1noc(-c2ccccc2)c1CSCC1CCC(C)O1. The van der Waals surface area contributed by atoms with Gasteiger partial charge in [0.2, 0.25) is 0 Å². The number of aromatic nitrogens is 1. The average molecular weight is 646 g/mol. The lowest BCUT2D eigenvalue weighted by atomic mass is 9.91. The first kappa shape index (κ1) is 38.8. The maximum atomic E-state index is 7.00. The highest BCUT2D eigenvalue weighted by molar-refractivity contribution is 7.98. The van der Waals surface area contributed by atoms with E-state index >= 15 is 0 Å². The van der Waals surface area contributed by atoms with Crippen molar-refractivity contribution in [3.63, 3.8) is 0 Å². The Morgan fingerprint density at radius 3 is 2.26 bits per heavy atom. The van der Waals surface area contributed by atoms with Crippen molar-refractivity contribution in [3.05, 3.63) is 106 Å². The zero-order valence-corrected chi connectivity index (χ0v) is 30.0. The van der Waals surface area contributed by atoms with Gasteiger partial charge in [0.25, 0.3) is 0 Å². The van der Waals surface area contributed by atoms with Crippen LogP contribution in [0.15, 0.2) is 98.8 Å². The van der Waals surface area contributed by atoms with Crippen LogP contribution in [0.2, 0.25) is 0 Å². The smallest absolute Gasteiger partial charge is 0.171 e. The summed E-state index contributed by atoms with van der Waals surface area (Å²) in [4.78, 5) is 4.52. The Morgan fingerprint density at radius 1 is 1.04 bits per heavy atom. The van der Waals surface area contributed by atoms with E-state index in [2.05, 4.69) is 80.3 Å². The summed E-state index contributed by atoms with van der Waals surface area (Å²) in [5, 5.41) is 11.1. The molecule has 0 spiro atoms. The number of hydrogen-bond donors (Lipinski definition) is 2. The molecule has 1 fully saturated rings. The predicted molar refractivity (Wildman–Crippen MR) is 198 cm³/mol. The van der Waals surface area contributed by atoms with Gasteiger partial charge in [0, 0.05) is 52.9 Å². The fourth-order valence-electron chi connectivity index (χ4n) is 5.14. The summed E-state index contributed by atoms with van der Waals surface area (Å²) in [7, 11) is 1.00. The van der Waals surface area contributed by atoms with Gasteiger partial charge in [-0.2, -0.15) is 11.8 Å². The van der Waals surface area contributed by atoms with Gasteiger partial charge in [-0.1, -0.05) is 92.2 Å². The van der Waals surface area contributed by atoms with Crippen molar-refractivity contribution in [3.8, 4) is 11.3 Å². The lowest BCUT2D eigenvalue weighted by Crippen LogP contribution is -2.11. The Bertz CT molecular complexity index is 1430.